The SMILES string of the molecule is Cc1ccc(=O)n(CC2CCN(C(=O)Nc3ncc(C)s3)CC2)n1. The number of urea groups is 1. The first kappa shape index (κ1) is 16.6. The number of carbonyl (C=O) groups is 1. The van der Waals surface area contributed by atoms with Crippen molar-refractivity contribution in [3.63, 3.8) is 0 Å². The molecule has 2 aromatic heterocycles. The molecule has 128 valence electrons. The molecule has 0 spiro atoms. The summed E-state index contributed by atoms with van der Waals surface area (Å²) in [4.78, 5) is 31.1. The van der Waals surface area contributed by atoms with E-state index in [1.165, 1.54) is 16.0 Å². The molecule has 0 radical (unpaired) electrons. The quantitative estimate of drug-likeness (QED) is 0.923. The number of thiazole rings is 1. The van der Waals surface area contributed by atoms with Crippen LogP contribution in [0.15, 0.2) is 23.1 Å². The van der Waals surface area contributed by atoms with Crippen LogP contribution in [0.3, 0.4) is 0 Å². The maximum atomic E-state index is 12.3. The van der Waals surface area contributed by atoms with Gasteiger partial charge in [-0.2, -0.15) is 5.10 Å². The Morgan fingerprint density at radius 3 is 2.75 bits per heavy atom. The Morgan fingerprint density at radius 2 is 2.08 bits per heavy atom. The largest absolute Gasteiger partial charge is 0.324 e. The Kier molecular flexibility index (Phi) is 4.94. The van der Waals surface area contributed by atoms with Gasteiger partial charge in [0, 0.05) is 36.8 Å². The summed E-state index contributed by atoms with van der Waals surface area (Å²) < 4.78 is 1.54. The van der Waals surface area contributed by atoms with E-state index in [1.807, 2.05) is 13.8 Å². The molecule has 0 atom stereocenters. The van der Waals surface area contributed by atoms with Crippen molar-refractivity contribution >= 4 is 22.5 Å². The van der Waals surface area contributed by atoms with Crippen molar-refractivity contribution in [3.8, 4) is 0 Å². The van der Waals surface area contributed by atoms with E-state index >= 15 is 0 Å². The van der Waals surface area contributed by atoms with E-state index < -0.39 is 0 Å². The highest BCUT2D eigenvalue weighted by Gasteiger charge is 2.24. The van der Waals surface area contributed by atoms with Crippen LogP contribution in [0.1, 0.15) is 23.4 Å². The van der Waals surface area contributed by atoms with Crippen molar-refractivity contribution in [2.75, 3.05) is 18.4 Å². The summed E-state index contributed by atoms with van der Waals surface area (Å²) in [5.74, 6) is 0.364. The molecule has 24 heavy (non-hydrogen) atoms. The highest BCUT2D eigenvalue weighted by atomic mass is 32.1. The number of likely N-dealkylation sites (tertiary alicyclic amines) is 1. The summed E-state index contributed by atoms with van der Waals surface area (Å²) in [7, 11) is 0. The summed E-state index contributed by atoms with van der Waals surface area (Å²) in [6, 6.07) is 3.18. The lowest BCUT2D eigenvalue weighted by Crippen LogP contribution is -2.42. The minimum atomic E-state index is -0.103. The standard InChI is InChI=1S/C16H21N5O2S/c1-11-3-4-14(22)21(19-11)10-13-5-7-20(8-6-13)16(23)18-15-17-9-12(2)24-15/h3-4,9,13H,5-8,10H2,1-2H3,(H,17,18,23). The fraction of sp³-hybridized carbons (Fsp3) is 0.500. The van der Waals surface area contributed by atoms with Gasteiger partial charge in [-0.15, -0.1) is 11.3 Å². The molecule has 1 fully saturated rings. The predicted octanol–water partition coefficient (Wildman–Crippen LogP) is 2.26. The highest BCUT2D eigenvalue weighted by Crippen LogP contribution is 2.21. The molecule has 1 aliphatic rings. The first-order valence-corrected chi connectivity index (χ1v) is 8.86. The highest BCUT2D eigenvalue weighted by molar-refractivity contribution is 7.15. The van der Waals surface area contributed by atoms with Gasteiger partial charge < -0.3 is 4.90 Å². The van der Waals surface area contributed by atoms with Crippen molar-refractivity contribution in [3.05, 3.63) is 39.3 Å². The minimum Gasteiger partial charge on any atom is -0.324 e. The number of hydrogen-bond acceptors (Lipinski definition) is 5. The van der Waals surface area contributed by atoms with Gasteiger partial charge in [0.05, 0.1) is 5.69 Å². The maximum Gasteiger partial charge on any atom is 0.323 e. The second-order valence-electron chi connectivity index (χ2n) is 6.13. The summed E-state index contributed by atoms with van der Waals surface area (Å²) >= 11 is 1.47. The summed E-state index contributed by atoms with van der Waals surface area (Å²) in [6.07, 6.45) is 3.48. The van der Waals surface area contributed by atoms with Crippen molar-refractivity contribution in [2.45, 2.75) is 33.2 Å². The molecule has 1 saturated heterocycles. The van der Waals surface area contributed by atoms with E-state index in [-0.39, 0.29) is 11.6 Å². The van der Waals surface area contributed by atoms with Crippen LogP contribution in [0.25, 0.3) is 0 Å². The topological polar surface area (TPSA) is 80.1 Å². The van der Waals surface area contributed by atoms with Gasteiger partial charge in [-0.3, -0.25) is 10.1 Å². The van der Waals surface area contributed by atoms with Gasteiger partial charge in [0.15, 0.2) is 5.13 Å². The molecule has 8 heteroatoms. The Hall–Kier alpha value is -2.22. The monoisotopic (exact) mass is 347 g/mol. The van der Waals surface area contributed by atoms with Gasteiger partial charge in [0.25, 0.3) is 5.56 Å². The van der Waals surface area contributed by atoms with Gasteiger partial charge in [-0.25, -0.2) is 14.5 Å². The van der Waals surface area contributed by atoms with Gasteiger partial charge in [-0.05, 0) is 38.7 Å². The van der Waals surface area contributed by atoms with Crippen molar-refractivity contribution in [1.82, 2.24) is 19.7 Å². The van der Waals surface area contributed by atoms with E-state index in [2.05, 4.69) is 15.4 Å². The van der Waals surface area contributed by atoms with Crippen LogP contribution in [0.4, 0.5) is 9.93 Å². The lowest BCUT2D eigenvalue weighted by atomic mass is 9.97. The van der Waals surface area contributed by atoms with E-state index in [0.29, 0.717) is 30.7 Å². The molecule has 2 amide bonds. The third-order valence-electron chi connectivity index (χ3n) is 4.17. The number of aromatic nitrogens is 3. The first-order valence-electron chi connectivity index (χ1n) is 8.04. The Balaban J connectivity index is 1.53. The average Bonchev–Trinajstić information content (AvgIpc) is 2.96. The predicted molar refractivity (Wildman–Crippen MR) is 93.4 cm³/mol. The van der Waals surface area contributed by atoms with Gasteiger partial charge >= 0.3 is 6.03 Å². The first-order chi connectivity index (χ1) is 11.5. The number of piperidine rings is 1. The van der Waals surface area contributed by atoms with E-state index in [4.69, 9.17) is 0 Å². The molecule has 0 unspecified atom stereocenters. The van der Waals surface area contributed by atoms with Crippen molar-refractivity contribution in [1.29, 1.82) is 0 Å². The minimum absolute atomic E-state index is 0.0695. The van der Waals surface area contributed by atoms with Crippen LogP contribution in [-0.2, 0) is 6.54 Å². The molecular weight excluding hydrogens is 326 g/mol. The zero-order chi connectivity index (χ0) is 17.1. The van der Waals surface area contributed by atoms with Crippen molar-refractivity contribution in [2.24, 2.45) is 5.92 Å². The Labute approximate surface area is 144 Å². The Bertz CT molecular complexity index is 777. The molecule has 0 bridgehead atoms. The molecule has 3 rings (SSSR count). The molecule has 3 heterocycles. The van der Waals surface area contributed by atoms with Crippen LogP contribution in [-0.4, -0.2) is 38.8 Å². The Morgan fingerprint density at radius 1 is 1.33 bits per heavy atom. The molecular formula is C16H21N5O2S. The third-order valence-corrected chi connectivity index (χ3v) is 5.00. The second kappa shape index (κ2) is 7.12. The van der Waals surface area contributed by atoms with Crippen LogP contribution >= 0.6 is 11.3 Å². The summed E-state index contributed by atoms with van der Waals surface area (Å²) in [5, 5.41) is 7.76. The third kappa shape index (κ3) is 4.00. The number of anilines is 1. The molecule has 0 aliphatic carbocycles. The normalized spacial score (nSPS) is 15.5. The zero-order valence-corrected chi connectivity index (χ0v) is 14.7. The van der Waals surface area contributed by atoms with Gasteiger partial charge in [0.2, 0.25) is 0 Å². The lowest BCUT2D eigenvalue weighted by Gasteiger charge is -2.31. The number of nitrogens with one attached hydrogen (secondary N) is 1. The van der Waals surface area contributed by atoms with Gasteiger partial charge in [0.1, 0.15) is 0 Å². The van der Waals surface area contributed by atoms with Crippen LogP contribution in [0.2, 0.25) is 0 Å². The molecule has 0 saturated carbocycles. The van der Waals surface area contributed by atoms with E-state index in [0.717, 1.165) is 23.4 Å². The molecule has 7 nitrogen and oxygen atoms in total. The summed E-state index contributed by atoms with van der Waals surface area (Å²) in [6.45, 7) is 5.81. The number of carbonyl (C=O) groups excluding carboxylic acids is 1. The number of rotatable bonds is 3. The fourth-order valence-electron chi connectivity index (χ4n) is 2.83. The van der Waals surface area contributed by atoms with Crippen LogP contribution in [0.5, 0.6) is 0 Å². The second-order valence-corrected chi connectivity index (χ2v) is 7.37. The summed E-state index contributed by atoms with van der Waals surface area (Å²) in [5.41, 5.74) is 0.769. The molecule has 1 aliphatic heterocycles. The number of hydrogen-bond donors (Lipinski definition) is 1. The average molecular weight is 347 g/mol. The number of amides is 2. The molecule has 2 aromatic rings. The van der Waals surface area contributed by atoms with E-state index in [1.54, 1.807) is 23.2 Å². The molecule has 1 N–H and O–H groups in total. The fourth-order valence-corrected chi connectivity index (χ4v) is 3.48. The number of aryl methyl sites for hydroxylation is 2. The smallest absolute Gasteiger partial charge is 0.323 e. The van der Waals surface area contributed by atoms with Crippen LogP contribution in [0, 0.1) is 19.8 Å². The maximum absolute atomic E-state index is 12.3. The number of nitrogens with zero attached hydrogens (tertiary/aromatic N) is 4. The molecule has 0 aromatic carbocycles. The van der Waals surface area contributed by atoms with Gasteiger partial charge in [-0.1, -0.05) is 0 Å². The van der Waals surface area contributed by atoms with E-state index in [9.17, 15) is 9.59 Å². The lowest BCUT2D eigenvalue weighted by molar-refractivity contribution is 0.174. The van der Waals surface area contributed by atoms with Crippen molar-refractivity contribution < 1.29 is 4.79 Å². The van der Waals surface area contributed by atoms with Crippen LogP contribution < -0.4 is 10.9 Å². The zero-order valence-electron chi connectivity index (χ0n) is 13.9.